The van der Waals surface area contributed by atoms with E-state index in [9.17, 15) is 9.90 Å². The molecule has 0 aromatic carbocycles. The van der Waals surface area contributed by atoms with Crippen molar-refractivity contribution in [3.8, 4) is 0 Å². The van der Waals surface area contributed by atoms with E-state index in [0.717, 1.165) is 0 Å². The first-order valence-electron chi connectivity index (χ1n) is 4.25. The van der Waals surface area contributed by atoms with Gasteiger partial charge in [-0.2, -0.15) is 0 Å². The third-order valence-electron chi connectivity index (χ3n) is 2.19. The standard InChI is InChI=1S/C8H19N3O2/c1-5(12)8(2,3)11-4-6(9)7(10)13/h5-6,11-12H,4,9H2,1-3H3,(H2,10,13). The van der Waals surface area contributed by atoms with Gasteiger partial charge in [-0.05, 0) is 20.8 Å². The van der Waals surface area contributed by atoms with Crippen LogP contribution in [-0.2, 0) is 4.79 Å². The molecule has 13 heavy (non-hydrogen) atoms. The van der Waals surface area contributed by atoms with E-state index in [1.807, 2.05) is 13.8 Å². The molecule has 0 saturated carbocycles. The molecule has 5 heteroatoms. The van der Waals surface area contributed by atoms with Crippen LogP contribution in [0.25, 0.3) is 0 Å². The summed E-state index contributed by atoms with van der Waals surface area (Å²) < 4.78 is 0. The number of amides is 1. The maximum absolute atomic E-state index is 10.6. The molecule has 2 atom stereocenters. The second-order valence-electron chi connectivity index (χ2n) is 3.79. The highest BCUT2D eigenvalue weighted by molar-refractivity contribution is 5.79. The summed E-state index contributed by atoms with van der Waals surface area (Å²) in [6.07, 6.45) is -0.521. The van der Waals surface area contributed by atoms with E-state index in [2.05, 4.69) is 5.32 Å². The topological polar surface area (TPSA) is 101 Å². The van der Waals surface area contributed by atoms with Crippen molar-refractivity contribution in [1.29, 1.82) is 0 Å². The first-order chi connectivity index (χ1) is 5.77. The lowest BCUT2D eigenvalue weighted by atomic mass is 9.98. The van der Waals surface area contributed by atoms with Gasteiger partial charge in [0.25, 0.3) is 0 Å². The van der Waals surface area contributed by atoms with Crippen LogP contribution in [0.4, 0.5) is 0 Å². The average molecular weight is 189 g/mol. The molecule has 6 N–H and O–H groups in total. The molecule has 0 heterocycles. The number of nitrogens with two attached hydrogens (primary N) is 2. The Morgan fingerprint density at radius 3 is 2.38 bits per heavy atom. The number of aliphatic hydroxyl groups excluding tert-OH is 1. The van der Waals surface area contributed by atoms with Crippen LogP contribution in [0.15, 0.2) is 0 Å². The van der Waals surface area contributed by atoms with E-state index in [1.54, 1.807) is 6.92 Å². The summed E-state index contributed by atoms with van der Waals surface area (Å²) in [5.41, 5.74) is 9.91. The monoisotopic (exact) mass is 189 g/mol. The molecular formula is C8H19N3O2. The fourth-order valence-corrected chi connectivity index (χ4v) is 0.621. The quantitative estimate of drug-likeness (QED) is 0.425. The van der Waals surface area contributed by atoms with Crippen LogP contribution in [0.5, 0.6) is 0 Å². The van der Waals surface area contributed by atoms with Gasteiger partial charge in [0, 0.05) is 12.1 Å². The maximum atomic E-state index is 10.6. The summed E-state index contributed by atoms with van der Waals surface area (Å²) >= 11 is 0. The number of rotatable bonds is 5. The largest absolute Gasteiger partial charge is 0.392 e. The number of hydrogen-bond donors (Lipinski definition) is 4. The smallest absolute Gasteiger partial charge is 0.235 e. The lowest BCUT2D eigenvalue weighted by molar-refractivity contribution is -0.119. The van der Waals surface area contributed by atoms with Gasteiger partial charge in [0.15, 0.2) is 0 Å². The third-order valence-corrected chi connectivity index (χ3v) is 2.19. The first-order valence-corrected chi connectivity index (χ1v) is 4.25. The van der Waals surface area contributed by atoms with Crippen molar-refractivity contribution in [1.82, 2.24) is 5.32 Å². The van der Waals surface area contributed by atoms with E-state index in [-0.39, 0.29) is 6.54 Å². The minimum atomic E-state index is -0.710. The second kappa shape index (κ2) is 4.55. The van der Waals surface area contributed by atoms with Gasteiger partial charge < -0.3 is 21.9 Å². The molecule has 0 aliphatic carbocycles. The molecule has 78 valence electrons. The van der Waals surface area contributed by atoms with Crippen molar-refractivity contribution >= 4 is 5.91 Å². The van der Waals surface area contributed by atoms with Crippen LogP contribution in [0, 0.1) is 0 Å². The van der Waals surface area contributed by atoms with E-state index >= 15 is 0 Å². The van der Waals surface area contributed by atoms with Crippen LogP contribution in [0.2, 0.25) is 0 Å². The van der Waals surface area contributed by atoms with E-state index < -0.39 is 23.6 Å². The molecule has 1 amide bonds. The molecule has 0 saturated heterocycles. The summed E-state index contributed by atoms with van der Waals surface area (Å²) in [5, 5.41) is 12.3. The fourth-order valence-electron chi connectivity index (χ4n) is 0.621. The lowest BCUT2D eigenvalue weighted by Crippen LogP contribution is -2.54. The number of nitrogens with one attached hydrogen (secondary N) is 1. The number of carbonyl (C=O) groups excluding carboxylic acids is 1. The number of carbonyl (C=O) groups is 1. The predicted molar refractivity (Wildman–Crippen MR) is 50.9 cm³/mol. The van der Waals surface area contributed by atoms with E-state index in [4.69, 9.17) is 11.5 Å². The highest BCUT2D eigenvalue weighted by atomic mass is 16.3. The zero-order valence-corrected chi connectivity index (χ0v) is 8.37. The molecule has 0 fully saturated rings. The zero-order chi connectivity index (χ0) is 10.6. The average Bonchev–Trinajstić information content (AvgIpc) is 1.99. The number of hydrogen-bond acceptors (Lipinski definition) is 4. The van der Waals surface area contributed by atoms with Gasteiger partial charge in [-0.1, -0.05) is 0 Å². The Labute approximate surface area is 78.5 Å². The maximum Gasteiger partial charge on any atom is 0.235 e. The molecular weight excluding hydrogens is 170 g/mol. The molecule has 0 aromatic rings. The Kier molecular flexibility index (Phi) is 4.32. The van der Waals surface area contributed by atoms with Gasteiger partial charge in [-0.15, -0.1) is 0 Å². The van der Waals surface area contributed by atoms with Crippen molar-refractivity contribution in [3.05, 3.63) is 0 Å². The van der Waals surface area contributed by atoms with Crippen LogP contribution in [0.3, 0.4) is 0 Å². The van der Waals surface area contributed by atoms with Crippen LogP contribution >= 0.6 is 0 Å². The van der Waals surface area contributed by atoms with Crippen molar-refractivity contribution in [2.75, 3.05) is 6.54 Å². The number of aliphatic hydroxyl groups is 1. The van der Waals surface area contributed by atoms with Crippen molar-refractivity contribution in [2.24, 2.45) is 11.5 Å². The minimum Gasteiger partial charge on any atom is -0.392 e. The van der Waals surface area contributed by atoms with Crippen LogP contribution < -0.4 is 16.8 Å². The Morgan fingerprint density at radius 1 is 1.62 bits per heavy atom. The molecule has 2 unspecified atom stereocenters. The summed E-state index contributed by atoms with van der Waals surface area (Å²) in [4.78, 5) is 10.6. The Hall–Kier alpha value is -0.650. The molecule has 0 aliphatic rings. The van der Waals surface area contributed by atoms with Gasteiger partial charge >= 0.3 is 0 Å². The van der Waals surface area contributed by atoms with Gasteiger partial charge in [-0.3, -0.25) is 4.79 Å². The minimum absolute atomic E-state index is 0.271. The second-order valence-corrected chi connectivity index (χ2v) is 3.79. The van der Waals surface area contributed by atoms with Crippen molar-refractivity contribution in [2.45, 2.75) is 38.5 Å². The fraction of sp³-hybridized carbons (Fsp3) is 0.875. The first kappa shape index (κ1) is 12.3. The lowest BCUT2D eigenvalue weighted by Gasteiger charge is -2.30. The van der Waals surface area contributed by atoms with Crippen LogP contribution in [-0.4, -0.2) is 35.2 Å². The highest BCUT2D eigenvalue weighted by Crippen LogP contribution is 2.07. The summed E-state index contributed by atoms with van der Waals surface area (Å²) in [6.45, 7) is 5.59. The van der Waals surface area contributed by atoms with Crippen molar-refractivity contribution in [3.63, 3.8) is 0 Å². The zero-order valence-electron chi connectivity index (χ0n) is 8.37. The molecule has 5 nitrogen and oxygen atoms in total. The predicted octanol–water partition coefficient (Wildman–Crippen LogP) is -1.45. The SMILES string of the molecule is CC(O)C(C)(C)NCC(N)C(N)=O. The van der Waals surface area contributed by atoms with E-state index in [1.165, 1.54) is 0 Å². The van der Waals surface area contributed by atoms with Gasteiger partial charge in [-0.25, -0.2) is 0 Å². The van der Waals surface area contributed by atoms with Gasteiger partial charge in [0.05, 0.1) is 12.1 Å². The molecule has 0 bridgehead atoms. The molecule has 0 spiro atoms. The Bertz CT molecular complexity index is 180. The summed E-state index contributed by atoms with van der Waals surface area (Å²) in [5.74, 6) is -0.547. The molecule has 0 aliphatic heterocycles. The molecule has 0 rings (SSSR count). The van der Waals surface area contributed by atoms with E-state index in [0.29, 0.717) is 0 Å². The highest BCUT2D eigenvalue weighted by Gasteiger charge is 2.24. The normalized spacial score (nSPS) is 16.7. The number of primary amides is 1. The van der Waals surface area contributed by atoms with Gasteiger partial charge in [0.1, 0.15) is 0 Å². The van der Waals surface area contributed by atoms with Gasteiger partial charge in [0.2, 0.25) is 5.91 Å². The molecule has 0 aromatic heterocycles. The van der Waals surface area contributed by atoms with Crippen LogP contribution in [0.1, 0.15) is 20.8 Å². The third kappa shape index (κ3) is 4.21. The Balaban J connectivity index is 3.95. The molecule has 0 radical (unpaired) electrons. The summed E-state index contributed by atoms with van der Waals surface area (Å²) in [6, 6.07) is -0.710. The Morgan fingerprint density at radius 2 is 2.08 bits per heavy atom. The van der Waals surface area contributed by atoms with Crippen molar-refractivity contribution < 1.29 is 9.90 Å². The summed E-state index contributed by atoms with van der Waals surface area (Å²) in [7, 11) is 0.